The maximum Gasteiger partial charge on any atom is 0.0417 e. The van der Waals surface area contributed by atoms with Crippen molar-refractivity contribution < 1.29 is 0 Å². The van der Waals surface area contributed by atoms with E-state index in [4.69, 9.17) is 11.1 Å². The zero-order valence-corrected chi connectivity index (χ0v) is 9.77. The van der Waals surface area contributed by atoms with Gasteiger partial charge in [0.05, 0.1) is 0 Å². The van der Waals surface area contributed by atoms with E-state index in [0.29, 0.717) is 11.4 Å². The minimum atomic E-state index is 0.495. The van der Waals surface area contributed by atoms with E-state index in [2.05, 4.69) is 15.9 Å². The number of anilines is 1. The summed E-state index contributed by atoms with van der Waals surface area (Å²) in [5.41, 5.74) is 7.59. The van der Waals surface area contributed by atoms with Gasteiger partial charge >= 0.3 is 0 Å². The van der Waals surface area contributed by atoms with Gasteiger partial charge in [-0.25, -0.2) is 0 Å². The molecule has 3 N–H and O–H groups in total. The normalized spacial score (nSPS) is 8.62. The molecule has 0 radical (unpaired) electrons. The van der Waals surface area contributed by atoms with Crippen LogP contribution in [-0.2, 0) is 0 Å². The first-order valence-electron chi connectivity index (χ1n) is 4.22. The van der Waals surface area contributed by atoms with E-state index >= 15 is 0 Å². The Kier molecular flexibility index (Phi) is 5.39. The molecule has 0 fully saturated rings. The smallest absolute Gasteiger partial charge is 0.0417 e. The van der Waals surface area contributed by atoms with Gasteiger partial charge < -0.3 is 11.1 Å². The Hall–Kier alpha value is -0.830. The van der Waals surface area contributed by atoms with E-state index in [-0.39, 0.29) is 0 Å². The molecule has 72 valence electrons. The summed E-state index contributed by atoms with van der Waals surface area (Å²) in [7, 11) is 0. The van der Waals surface area contributed by atoms with Crippen LogP contribution in [0.4, 0.5) is 5.69 Å². The summed E-state index contributed by atoms with van der Waals surface area (Å²) >= 11 is 3.29. The molecule has 0 heterocycles. The zero-order valence-electron chi connectivity index (χ0n) is 8.19. The maximum atomic E-state index is 7.35. The second-order valence-corrected chi connectivity index (χ2v) is 3.27. The van der Waals surface area contributed by atoms with E-state index in [9.17, 15) is 0 Å². The van der Waals surface area contributed by atoms with Crippen LogP contribution in [0.3, 0.4) is 0 Å². The van der Waals surface area contributed by atoms with Crippen molar-refractivity contribution in [3.63, 3.8) is 0 Å². The SMILES string of the molecule is CC.CC(=N)c1ccc(Br)cc1N. The predicted octanol–water partition coefficient (Wildman–Crippen LogP) is 3.45. The summed E-state index contributed by atoms with van der Waals surface area (Å²) in [6.45, 7) is 5.72. The molecule has 13 heavy (non-hydrogen) atoms. The molecule has 0 amide bonds. The van der Waals surface area contributed by atoms with E-state index < -0.39 is 0 Å². The van der Waals surface area contributed by atoms with Crippen LogP contribution >= 0.6 is 15.9 Å². The van der Waals surface area contributed by atoms with Crippen molar-refractivity contribution in [3.05, 3.63) is 28.2 Å². The summed E-state index contributed by atoms with van der Waals surface area (Å²) in [5.74, 6) is 0. The Morgan fingerprint density at radius 1 is 1.38 bits per heavy atom. The fourth-order valence-electron chi connectivity index (χ4n) is 0.875. The van der Waals surface area contributed by atoms with E-state index in [0.717, 1.165) is 10.0 Å². The summed E-state index contributed by atoms with van der Waals surface area (Å²) in [6, 6.07) is 5.51. The van der Waals surface area contributed by atoms with Crippen LogP contribution in [0.25, 0.3) is 0 Å². The highest BCUT2D eigenvalue weighted by molar-refractivity contribution is 9.10. The van der Waals surface area contributed by atoms with Crippen LogP contribution in [0, 0.1) is 5.41 Å². The standard InChI is InChI=1S/C8H9BrN2.C2H6/c1-5(10)7-3-2-6(9)4-8(7)11;1-2/h2-4,10H,11H2,1H3;1-2H3. The number of halogens is 1. The highest BCUT2D eigenvalue weighted by Crippen LogP contribution is 2.18. The predicted molar refractivity (Wildman–Crippen MR) is 62.4 cm³/mol. The Bertz CT molecular complexity index is 295. The van der Waals surface area contributed by atoms with Gasteiger partial charge in [0.15, 0.2) is 0 Å². The Morgan fingerprint density at radius 3 is 2.31 bits per heavy atom. The number of hydrogen-bond acceptors (Lipinski definition) is 2. The van der Waals surface area contributed by atoms with Gasteiger partial charge in [-0.2, -0.15) is 0 Å². The third kappa shape index (κ3) is 3.59. The average Bonchev–Trinajstić information content (AvgIpc) is 2.07. The van der Waals surface area contributed by atoms with Crippen LogP contribution in [0.2, 0.25) is 0 Å². The number of nitrogen functional groups attached to an aromatic ring is 1. The minimum Gasteiger partial charge on any atom is -0.398 e. The summed E-state index contributed by atoms with van der Waals surface area (Å²) in [6.07, 6.45) is 0. The number of rotatable bonds is 1. The Balaban J connectivity index is 0.000000671. The van der Waals surface area contributed by atoms with Crippen molar-refractivity contribution in [2.75, 3.05) is 5.73 Å². The topological polar surface area (TPSA) is 49.9 Å². The Labute approximate surface area is 87.8 Å². The van der Waals surface area contributed by atoms with Crippen molar-refractivity contribution in [3.8, 4) is 0 Å². The van der Waals surface area contributed by atoms with Gasteiger partial charge in [-0.3, -0.25) is 0 Å². The van der Waals surface area contributed by atoms with Crippen LogP contribution in [-0.4, -0.2) is 5.71 Å². The first kappa shape index (κ1) is 12.2. The molecule has 0 aromatic heterocycles. The van der Waals surface area contributed by atoms with Crippen molar-refractivity contribution in [2.24, 2.45) is 0 Å². The van der Waals surface area contributed by atoms with Crippen LogP contribution < -0.4 is 5.73 Å². The van der Waals surface area contributed by atoms with Gasteiger partial charge in [0, 0.05) is 21.4 Å². The molecular formula is C10H15BrN2. The van der Waals surface area contributed by atoms with Crippen molar-refractivity contribution in [1.82, 2.24) is 0 Å². The summed E-state index contributed by atoms with van der Waals surface area (Å²) < 4.78 is 0.944. The first-order valence-corrected chi connectivity index (χ1v) is 5.01. The molecular weight excluding hydrogens is 228 g/mol. The molecule has 1 aromatic rings. The summed E-state index contributed by atoms with van der Waals surface area (Å²) in [5, 5.41) is 7.35. The number of benzene rings is 1. The van der Waals surface area contributed by atoms with E-state index in [1.807, 2.05) is 26.0 Å². The molecule has 0 spiro atoms. The third-order valence-corrected chi connectivity index (χ3v) is 1.91. The highest BCUT2D eigenvalue weighted by Gasteiger charge is 2.00. The second-order valence-electron chi connectivity index (χ2n) is 2.36. The largest absolute Gasteiger partial charge is 0.398 e. The molecule has 1 rings (SSSR count). The van der Waals surface area contributed by atoms with Crippen LogP contribution in [0.5, 0.6) is 0 Å². The van der Waals surface area contributed by atoms with Crippen molar-refractivity contribution in [2.45, 2.75) is 20.8 Å². The van der Waals surface area contributed by atoms with E-state index in [1.165, 1.54) is 0 Å². The molecule has 0 saturated heterocycles. The van der Waals surface area contributed by atoms with Crippen molar-refractivity contribution >= 4 is 27.3 Å². The fourth-order valence-corrected chi connectivity index (χ4v) is 1.25. The molecule has 0 saturated carbocycles. The highest BCUT2D eigenvalue weighted by atomic mass is 79.9. The van der Waals surface area contributed by atoms with Crippen LogP contribution in [0.15, 0.2) is 22.7 Å². The molecule has 0 aliphatic carbocycles. The molecule has 2 nitrogen and oxygen atoms in total. The molecule has 0 unspecified atom stereocenters. The van der Waals surface area contributed by atoms with Gasteiger partial charge in [0.25, 0.3) is 0 Å². The summed E-state index contributed by atoms with van der Waals surface area (Å²) in [4.78, 5) is 0. The lowest BCUT2D eigenvalue weighted by molar-refractivity contribution is 1.45. The lowest BCUT2D eigenvalue weighted by atomic mass is 10.1. The van der Waals surface area contributed by atoms with Gasteiger partial charge in [-0.15, -0.1) is 0 Å². The molecule has 0 atom stereocenters. The molecule has 3 heteroatoms. The lowest BCUT2D eigenvalue weighted by Crippen LogP contribution is -1.98. The second kappa shape index (κ2) is 5.75. The molecule has 0 aliphatic heterocycles. The van der Waals surface area contributed by atoms with Gasteiger partial charge in [0.1, 0.15) is 0 Å². The monoisotopic (exact) mass is 242 g/mol. The zero-order chi connectivity index (χ0) is 10.4. The third-order valence-electron chi connectivity index (χ3n) is 1.42. The average molecular weight is 243 g/mol. The quantitative estimate of drug-likeness (QED) is 0.576. The molecule has 0 aliphatic rings. The number of nitrogens with two attached hydrogens (primary N) is 1. The number of nitrogens with one attached hydrogen (secondary N) is 1. The van der Waals surface area contributed by atoms with Crippen LogP contribution in [0.1, 0.15) is 26.3 Å². The lowest BCUT2D eigenvalue weighted by Gasteiger charge is -2.02. The Morgan fingerprint density at radius 2 is 1.92 bits per heavy atom. The first-order chi connectivity index (χ1) is 6.11. The van der Waals surface area contributed by atoms with Gasteiger partial charge in [-0.05, 0) is 25.1 Å². The van der Waals surface area contributed by atoms with Crippen molar-refractivity contribution in [1.29, 1.82) is 5.41 Å². The molecule has 1 aromatic carbocycles. The minimum absolute atomic E-state index is 0.495. The number of hydrogen-bond donors (Lipinski definition) is 2. The maximum absolute atomic E-state index is 7.35. The van der Waals surface area contributed by atoms with E-state index in [1.54, 1.807) is 13.0 Å². The van der Waals surface area contributed by atoms with Gasteiger partial charge in [-0.1, -0.05) is 29.8 Å². The fraction of sp³-hybridized carbons (Fsp3) is 0.300. The van der Waals surface area contributed by atoms with Gasteiger partial charge in [0.2, 0.25) is 0 Å². The molecule has 0 bridgehead atoms.